The highest BCUT2D eigenvalue weighted by atomic mass is 35.5. The van der Waals surface area contributed by atoms with Crippen molar-refractivity contribution in [3.63, 3.8) is 0 Å². The highest BCUT2D eigenvalue weighted by Crippen LogP contribution is 2.22. The van der Waals surface area contributed by atoms with Gasteiger partial charge in [0.25, 0.3) is 0 Å². The Kier molecular flexibility index (Phi) is 3.23. The van der Waals surface area contributed by atoms with Crippen LogP contribution in [0.25, 0.3) is 0 Å². The van der Waals surface area contributed by atoms with Gasteiger partial charge in [-0.25, -0.2) is 9.97 Å². The Morgan fingerprint density at radius 2 is 2.39 bits per heavy atom. The number of hydrogen-bond donors (Lipinski definition) is 0. The maximum Gasteiger partial charge on any atom is 0.138 e. The molecule has 3 heterocycles. The second-order valence-corrected chi connectivity index (χ2v) is 5.70. The molecule has 2 aromatic rings. The molecule has 1 aliphatic rings. The zero-order valence-corrected chi connectivity index (χ0v) is 11.5. The summed E-state index contributed by atoms with van der Waals surface area (Å²) in [6.07, 6.45) is 2.91. The summed E-state index contributed by atoms with van der Waals surface area (Å²) in [6.45, 7) is 4.46. The van der Waals surface area contributed by atoms with E-state index in [1.165, 1.54) is 17.1 Å². The van der Waals surface area contributed by atoms with Crippen molar-refractivity contribution >= 4 is 23.1 Å². The minimum Gasteiger partial charge on any atom is -0.291 e. The third-order valence-electron chi connectivity index (χ3n) is 3.03. The maximum absolute atomic E-state index is 6.03. The van der Waals surface area contributed by atoms with Crippen molar-refractivity contribution in [1.29, 1.82) is 0 Å². The Bertz CT molecular complexity index is 570. The number of nitrogens with zero attached hydrogens (tertiary/aromatic N) is 5. The van der Waals surface area contributed by atoms with Gasteiger partial charge in [-0.05, 0) is 18.9 Å². The molecule has 7 heteroatoms. The van der Waals surface area contributed by atoms with E-state index in [4.69, 9.17) is 11.6 Å². The van der Waals surface area contributed by atoms with Gasteiger partial charge in [-0.2, -0.15) is 0 Å². The molecule has 0 spiro atoms. The molecule has 2 aromatic heterocycles. The van der Waals surface area contributed by atoms with Crippen LogP contribution in [-0.4, -0.2) is 31.0 Å². The van der Waals surface area contributed by atoms with Gasteiger partial charge >= 0.3 is 0 Å². The largest absolute Gasteiger partial charge is 0.291 e. The Balaban J connectivity index is 1.76. The van der Waals surface area contributed by atoms with E-state index in [0.29, 0.717) is 4.34 Å². The molecular weight excluding hydrogens is 270 g/mol. The first-order chi connectivity index (χ1) is 8.72. The zero-order chi connectivity index (χ0) is 12.5. The Labute approximate surface area is 114 Å². The molecule has 5 nitrogen and oxygen atoms in total. The van der Waals surface area contributed by atoms with E-state index in [1.807, 2.05) is 13.1 Å². The molecule has 3 rings (SSSR count). The van der Waals surface area contributed by atoms with Gasteiger partial charge < -0.3 is 0 Å². The lowest BCUT2D eigenvalue weighted by Crippen LogP contribution is -2.31. The lowest BCUT2D eigenvalue weighted by Gasteiger charge is -2.27. The van der Waals surface area contributed by atoms with Crippen molar-refractivity contribution in [2.45, 2.75) is 26.4 Å². The van der Waals surface area contributed by atoms with Crippen LogP contribution < -0.4 is 0 Å². The molecule has 0 aliphatic carbocycles. The zero-order valence-electron chi connectivity index (χ0n) is 9.93. The highest BCUT2D eigenvalue weighted by Gasteiger charge is 2.20. The number of hydrogen-bond acceptors (Lipinski definition) is 6. The van der Waals surface area contributed by atoms with Gasteiger partial charge in [0.2, 0.25) is 0 Å². The van der Waals surface area contributed by atoms with Gasteiger partial charge in [0, 0.05) is 37.4 Å². The molecule has 0 amide bonds. The minimum atomic E-state index is 0.680. The van der Waals surface area contributed by atoms with Crippen LogP contribution in [0.1, 0.15) is 22.8 Å². The molecule has 0 radical (unpaired) electrons. The van der Waals surface area contributed by atoms with Crippen molar-refractivity contribution < 1.29 is 0 Å². The predicted molar refractivity (Wildman–Crippen MR) is 69.5 cm³/mol. The van der Waals surface area contributed by atoms with Crippen molar-refractivity contribution in [3.8, 4) is 0 Å². The van der Waals surface area contributed by atoms with Gasteiger partial charge in [-0.15, -0.1) is 5.10 Å². The summed E-state index contributed by atoms with van der Waals surface area (Å²) in [5.74, 6) is 0.823. The number of rotatable bonds is 2. The number of aromatic nitrogens is 4. The van der Waals surface area contributed by atoms with Crippen LogP contribution in [0.4, 0.5) is 0 Å². The summed E-state index contributed by atoms with van der Waals surface area (Å²) in [5, 5.41) is 4.05. The van der Waals surface area contributed by atoms with Gasteiger partial charge in [-0.1, -0.05) is 16.1 Å². The van der Waals surface area contributed by atoms with E-state index in [0.717, 1.165) is 43.3 Å². The fourth-order valence-electron chi connectivity index (χ4n) is 2.10. The maximum atomic E-state index is 6.03. The topological polar surface area (TPSA) is 54.8 Å². The molecule has 0 fully saturated rings. The number of fused-ring (bicyclic) bond motifs is 1. The van der Waals surface area contributed by atoms with Gasteiger partial charge in [0.15, 0.2) is 0 Å². The Morgan fingerprint density at radius 3 is 3.17 bits per heavy atom. The normalized spacial score (nSPS) is 15.7. The molecule has 0 bridgehead atoms. The Morgan fingerprint density at radius 1 is 1.50 bits per heavy atom. The van der Waals surface area contributed by atoms with Crippen LogP contribution >= 0.6 is 23.1 Å². The van der Waals surface area contributed by atoms with E-state index < -0.39 is 0 Å². The lowest BCUT2D eigenvalue weighted by atomic mass is 10.1. The Hall–Kier alpha value is -1.11. The standard InChI is InChI=1S/C11H12ClN5S/c1-7-13-4-8-2-3-17(5-9(8)14-7)6-10-11(12)18-16-15-10/h4H,2-3,5-6H2,1H3. The van der Waals surface area contributed by atoms with Gasteiger partial charge in [0.1, 0.15) is 15.9 Å². The summed E-state index contributed by atoms with van der Waals surface area (Å²) in [7, 11) is 0. The molecule has 94 valence electrons. The van der Waals surface area contributed by atoms with Crippen LogP contribution in [0, 0.1) is 6.92 Å². The van der Waals surface area contributed by atoms with E-state index >= 15 is 0 Å². The molecule has 0 saturated heterocycles. The van der Waals surface area contributed by atoms with Crippen molar-refractivity contribution in [2.24, 2.45) is 0 Å². The van der Waals surface area contributed by atoms with Crippen molar-refractivity contribution in [2.75, 3.05) is 6.54 Å². The molecule has 0 N–H and O–H groups in total. The summed E-state index contributed by atoms with van der Waals surface area (Å²) >= 11 is 7.26. The number of halogens is 1. The van der Waals surface area contributed by atoms with Gasteiger partial charge in [-0.3, -0.25) is 4.90 Å². The monoisotopic (exact) mass is 281 g/mol. The fraction of sp³-hybridized carbons (Fsp3) is 0.455. The van der Waals surface area contributed by atoms with Gasteiger partial charge in [0.05, 0.1) is 5.69 Å². The molecule has 1 aliphatic heterocycles. The second-order valence-electron chi connectivity index (χ2n) is 4.34. The van der Waals surface area contributed by atoms with Crippen LogP contribution in [0.3, 0.4) is 0 Å². The summed E-state index contributed by atoms with van der Waals surface area (Å²) in [6, 6.07) is 0. The average molecular weight is 282 g/mol. The highest BCUT2D eigenvalue weighted by molar-refractivity contribution is 7.10. The third kappa shape index (κ3) is 2.36. The molecule has 0 unspecified atom stereocenters. The van der Waals surface area contributed by atoms with Crippen molar-refractivity contribution in [3.05, 3.63) is 33.3 Å². The van der Waals surface area contributed by atoms with Crippen LogP contribution in [0.15, 0.2) is 6.20 Å². The summed E-state index contributed by atoms with van der Waals surface area (Å²) < 4.78 is 4.53. The molecular formula is C11H12ClN5S. The average Bonchev–Trinajstić information content (AvgIpc) is 2.74. The van der Waals surface area contributed by atoms with E-state index in [9.17, 15) is 0 Å². The lowest BCUT2D eigenvalue weighted by molar-refractivity contribution is 0.238. The smallest absolute Gasteiger partial charge is 0.138 e. The molecule has 0 atom stereocenters. The van der Waals surface area contributed by atoms with Crippen LogP contribution in [0.5, 0.6) is 0 Å². The van der Waals surface area contributed by atoms with E-state index in [-0.39, 0.29) is 0 Å². The quantitative estimate of drug-likeness (QED) is 0.841. The first-order valence-corrected chi connectivity index (χ1v) is 6.88. The first-order valence-electron chi connectivity index (χ1n) is 5.73. The molecule has 18 heavy (non-hydrogen) atoms. The predicted octanol–water partition coefficient (Wildman–Crippen LogP) is 1.85. The number of aryl methyl sites for hydroxylation is 1. The minimum absolute atomic E-state index is 0.680. The summed E-state index contributed by atoms with van der Waals surface area (Å²) in [4.78, 5) is 11.0. The molecule has 0 saturated carbocycles. The molecule has 0 aromatic carbocycles. The van der Waals surface area contributed by atoms with Crippen LogP contribution in [-0.2, 0) is 19.5 Å². The van der Waals surface area contributed by atoms with E-state index in [2.05, 4.69) is 24.5 Å². The summed E-state index contributed by atoms with van der Waals surface area (Å²) in [5.41, 5.74) is 3.23. The first kappa shape index (κ1) is 12.0. The van der Waals surface area contributed by atoms with Crippen LogP contribution in [0.2, 0.25) is 4.34 Å². The SMILES string of the molecule is Cc1ncc2c(n1)CN(Cc1nnsc1Cl)CC2. The third-order valence-corrected chi connectivity index (χ3v) is 4.01. The van der Waals surface area contributed by atoms with E-state index in [1.54, 1.807) is 0 Å². The second kappa shape index (κ2) is 4.87. The van der Waals surface area contributed by atoms with Crippen molar-refractivity contribution in [1.82, 2.24) is 24.5 Å². The fourth-order valence-corrected chi connectivity index (χ4v) is 2.71.